The normalized spacial score (nSPS) is 11.0. The molecule has 0 saturated heterocycles. The lowest BCUT2D eigenvalue weighted by Crippen LogP contribution is -2.20. The van der Waals surface area contributed by atoms with E-state index in [0.717, 1.165) is 0 Å². The molecule has 2 aromatic rings. The molecule has 1 atom stereocenters. The maximum atomic E-state index is 10.9. The Bertz CT molecular complexity index is 654. The molecule has 0 aliphatic carbocycles. The zero-order chi connectivity index (χ0) is 14.3. The zero-order valence-electron chi connectivity index (χ0n) is 9.39. The number of hydrogen-bond acceptors (Lipinski definition) is 6. The molecule has 0 radical (unpaired) electrons. The first-order valence-corrected chi connectivity index (χ1v) is 4.84. The first-order valence-electron chi connectivity index (χ1n) is 4.84. The van der Waals surface area contributed by atoms with Gasteiger partial charge >= 0.3 is 5.97 Å². The first-order chi connectivity index (χ1) is 9.10. The van der Waals surface area contributed by atoms with Gasteiger partial charge in [0, 0.05) is 4.91 Å². The number of hydrogen-bond donors (Lipinski definition) is 4. The van der Waals surface area contributed by atoms with E-state index in [2.05, 4.69) is 30.0 Å². The highest BCUT2D eigenvalue weighted by Crippen LogP contribution is 1.94. The Hall–Kier alpha value is -2.91. The van der Waals surface area contributed by atoms with E-state index in [1.165, 1.54) is 12.7 Å². The number of carboxylic acids is 1. The van der Waals surface area contributed by atoms with Gasteiger partial charge in [-0.15, -0.1) is 0 Å². The van der Waals surface area contributed by atoms with E-state index in [0.29, 0.717) is 11.2 Å². The van der Waals surface area contributed by atoms with Crippen LogP contribution in [-0.4, -0.2) is 48.8 Å². The van der Waals surface area contributed by atoms with Crippen LogP contribution < -0.4 is 5.56 Å². The van der Waals surface area contributed by atoms with E-state index in [1.54, 1.807) is 0 Å². The molecular formula is C8H9N7O4. The number of aromatic nitrogens is 4. The quantitative estimate of drug-likeness (QED) is 0.326. The first kappa shape index (κ1) is 14.2. The van der Waals surface area contributed by atoms with Crippen molar-refractivity contribution in [2.45, 2.75) is 6.04 Å². The topological polar surface area (TPSA) is 181 Å². The Morgan fingerprint density at radius 2 is 2.11 bits per heavy atom. The Morgan fingerprint density at radius 1 is 1.47 bits per heavy atom. The van der Waals surface area contributed by atoms with Gasteiger partial charge < -0.3 is 20.2 Å². The van der Waals surface area contributed by atoms with Crippen LogP contribution in [0.4, 0.5) is 0 Å². The highest BCUT2D eigenvalue weighted by Gasteiger charge is 2.12. The molecule has 2 rings (SSSR count). The lowest BCUT2D eigenvalue weighted by atomic mass is 10.3. The molecule has 0 aliphatic rings. The van der Waals surface area contributed by atoms with Crippen molar-refractivity contribution < 1.29 is 15.0 Å². The summed E-state index contributed by atoms with van der Waals surface area (Å²) in [5, 5.41) is 19.0. The van der Waals surface area contributed by atoms with Crippen LogP contribution >= 0.6 is 0 Å². The lowest BCUT2D eigenvalue weighted by Gasteiger charge is -1.96. The lowest BCUT2D eigenvalue weighted by molar-refractivity contribution is -0.139. The van der Waals surface area contributed by atoms with Crippen molar-refractivity contribution in [1.29, 1.82) is 0 Å². The van der Waals surface area contributed by atoms with Gasteiger partial charge in [-0.3, -0.25) is 9.59 Å². The smallest absolute Gasteiger partial charge is 0.314 e. The zero-order valence-corrected chi connectivity index (χ0v) is 9.39. The summed E-state index contributed by atoms with van der Waals surface area (Å²) < 4.78 is 0. The minimum Gasteiger partial charge on any atom is -0.481 e. The van der Waals surface area contributed by atoms with Crippen molar-refractivity contribution >= 4 is 17.1 Å². The van der Waals surface area contributed by atoms with Crippen LogP contribution in [0.25, 0.3) is 21.6 Å². The number of fused-ring (bicyclic) bond motifs is 1. The standard InChI is InChI=1S/C5H4N4O.C3H5N3O3/c10-5-3-4(7-1-6-3)8-2-9-5;4-6-5-2(1-7)3(8)9/h1-2H,(H2,6,7,8,9,10);2,7H,1H2,(H,8,9). The van der Waals surface area contributed by atoms with Crippen LogP contribution in [0.15, 0.2) is 22.6 Å². The Kier molecular flexibility index (Phi) is 5.02. The van der Waals surface area contributed by atoms with Gasteiger partial charge in [0.15, 0.2) is 17.2 Å². The fraction of sp³-hybridized carbons (Fsp3) is 0.250. The number of nitrogens with one attached hydrogen (secondary N) is 2. The third-order valence-corrected chi connectivity index (χ3v) is 1.88. The highest BCUT2D eigenvalue weighted by atomic mass is 16.4. The van der Waals surface area contributed by atoms with Crippen LogP contribution in [0.3, 0.4) is 0 Å². The van der Waals surface area contributed by atoms with Gasteiger partial charge in [-0.05, 0) is 5.53 Å². The van der Waals surface area contributed by atoms with Gasteiger partial charge in [0.05, 0.1) is 19.3 Å². The molecule has 0 aliphatic heterocycles. The predicted octanol–water partition coefficient (Wildman–Crippen LogP) is -0.612. The van der Waals surface area contributed by atoms with Crippen molar-refractivity contribution in [3.05, 3.63) is 33.5 Å². The number of H-pyrrole nitrogens is 2. The second kappa shape index (κ2) is 6.74. The summed E-state index contributed by atoms with van der Waals surface area (Å²) in [4.78, 5) is 35.7. The summed E-state index contributed by atoms with van der Waals surface area (Å²) in [5.74, 6) is -1.32. The number of aliphatic hydroxyl groups is 1. The Balaban J connectivity index is 0.000000192. The number of azide groups is 1. The second-order valence-corrected chi connectivity index (χ2v) is 3.07. The molecule has 0 saturated carbocycles. The maximum absolute atomic E-state index is 10.9. The number of aliphatic carboxylic acids is 1. The number of carbonyl (C=O) groups is 1. The molecular weight excluding hydrogens is 258 g/mol. The van der Waals surface area contributed by atoms with Crippen LogP contribution in [0.5, 0.6) is 0 Å². The van der Waals surface area contributed by atoms with Crippen molar-refractivity contribution in [2.24, 2.45) is 5.11 Å². The SMILES string of the molecule is O=c1[nH]cnc2nc[nH]c12.[N-]=[N+]=NC(CO)C(=O)O. The summed E-state index contributed by atoms with van der Waals surface area (Å²) in [6.45, 7) is -0.667. The van der Waals surface area contributed by atoms with E-state index >= 15 is 0 Å². The van der Waals surface area contributed by atoms with Crippen molar-refractivity contribution in [1.82, 2.24) is 19.9 Å². The van der Waals surface area contributed by atoms with Crippen LogP contribution in [0.2, 0.25) is 0 Å². The fourth-order valence-electron chi connectivity index (χ4n) is 1.00. The van der Waals surface area contributed by atoms with Crippen LogP contribution in [-0.2, 0) is 4.79 Å². The molecule has 1 unspecified atom stereocenters. The summed E-state index contributed by atoms with van der Waals surface area (Å²) in [6.07, 6.45) is 2.76. The molecule has 2 heterocycles. The number of aromatic amines is 2. The summed E-state index contributed by atoms with van der Waals surface area (Å²) >= 11 is 0. The van der Waals surface area contributed by atoms with Crippen molar-refractivity contribution in [3.63, 3.8) is 0 Å². The highest BCUT2D eigenvalue weighted by molar-refractivity contribution is 5.73. The second-order valence-electron chi connectivity index (χ2n) is 3.07. The number of carboxylic acid groups (broad SMARTS) is 1. The molecule has 4 N–H and O–H groups in total. The van der Waals surface area contributed by atoms with Gasteiger partial charge in [0.25, 0.3) is 5.56 Å². The third-order valence-electron chi connectivity index (χ3n) is 1.88. The van der Waals surface area contributed by atoms with E-state index in [9.17, 15) is 9.59 Å². The van der Waals surface area contributed by atoms with Gasteiger partial charge in [-0.2, -0.15) is 0 Å². The summed E-state index contributed by atoms with van der Waals surface area (Å²) in [5.41, 5.74) is 8.38. The van der Waals surface area contributed by atoms with Gasteiger partial charge in [0.2, 0.25) is 0 Å². The van der Waals surface area contributed by atoms with E-state index < -0.39 is 18.6 Å². The minimum absolute atomic E-state index is 0.192. The third kappa shape index (κ3) is 3.80. The van der Waals surface area contributed by atoms with Crippen LogP contribution in [0, 0.1) is 0 Å². The maximum Gasteiger partial charge on any atom is 0.314 e. The van der Waals surface area contributed by atoms with E-state index in [-0.39, 0.29) is 5.56 Å². The van der Waals surface area contributed by atoms with Crippen LogP contribution in [0.1, 0.15) is 0 Å². The summed E-state index contributed by atoms with van der Waals surface area (Å²) in [6, 6.07) is -1.35. The molecule has 0 spiro atoms. The largest absolute Gasteiger partial charge is 0.481 e. The molecule has 0 bridgehead atoms. The molecule has 2 aromatic heterocycles. The van der Waals surface area contributed by atoms with E-state index in [4.69, 9.17) is 15.7 Å². The molecule has 100 valence electrons. The number of imidazole rings is 1. The number of nitrogens with zero attached hydrogens (tertiary/aromatic N) is 5. The fourth-order valence-corrected chi connectivity index (χ4v) is 1.00. The van der Waals surface area contributed by atoms with Crippen molar-refractivity contribution in [2.75, 3.05) is 6.61 Å². The number of aliphatic hydroxyl groups excluding tert-OH is 1. The molecule has 19 heavy (non-hydrogen) atoms. The minimum atomic E-state index is -1.35. The predicted molar refractivity (Wildman–Crippen MR) is 62.2 cm³/mol. The van der Waals surface area contributed by atoms with E-state index in [1.807, 2.05) is 0 Å². The van der Waals surface area contributed by atoms with Crippen molar-refractivity contribution in [3.8, 4) is 0 Å². The molecule has 0 fully saturated rings. The number of rotatable bonds is 3. The average Bonchev–Trinajstić information content (AvgIpc) is 2.86. The molecule has 0 amide bonds. The molecule has 11 nitrogen and oxygen atoms in total. The summed E-state index contributed by atoms with van der Waals surface area (Å²) in [7, 11) is 0. The Morgan fingerprint density at radius 3 is 2.53 bits per heavy atom. The Labute approximate surface area is 104 Å². The average molecular weight is 267 g/mol. The van der Waals surface area contributed by atoms with Gasteiger partial charge in [-0.1, -0.05) is 5.11 Å². The monoisotopic (exact) mass is 267 g/mol. The van der Waals surface area contributed by atoms with Gasteiger partial charge in [-0.25, -0.2) is 9.97 Å². The van der Waals surface area contributed by atoms with Gasteiger partial charge in [0.1, 0.15) is 0 Å². The molecule has 11 heteroatoms. The molecule has 0 aromatic carbocycles.